The van der Waals surface area contributed by atoms with Gasteiger partial charge in [-0.05, 0) is 62.1 Å². The highest BCUT2D eigenvalue weighted by molar-refractivity contribution is 5.90. The van der Waals surface area contributed by atoms with Gasteiger partial charge < -0.3 is 9.64 Å². The first-order chi connectivity index (χ1) is 11.1. The van der Waals surface area contributed by atoms with Gasteiger partial charge in [0.2, 0.25) is 0 Å². The molecule has 0 aliphatic carbocycles. The highest BCUT2D eigenvalue weighted by Crippen LogP contribution is 2.25. The van der Waals surface area contributed by atoms with Gasteiger partial charge in [-0.2, -0.15) is 0 Å². The zero-order valence-electron chi connectivity index (χ0n) is 13.8. The molecule has 1 saturated heterocycles. The molecule has 1 aliphatic rings. The summed E-state index contributed by atoms with van der Waals surface area (Å²) in [6.07, 6.45) is 2.48. The summed E-state index contributed by atoms with van der Waals surface area (Å²) in [4.78, 5) is 14.3. The van der Waals surface area contributed by atoms with Gasteiger partial charge in [0.05, 0.1) is 11.7 Å². The van der Waals surface area contributed by atoms with Crippen LogP contribution in [0.4, 0.5) is 5.69 Å². The van der Waals surface area contributed by atoms with Crippen LogP contribution in [0.2, 0.25) is 0 Å². The fourth-order valence-corrected chi connectivity index (χ4v) is 2.92. The van der Waals surface area contributed by atoms with Crippen molar-refractivity contribution in [2.45, 2.75) is 32.8 Å². The van der Waals surface area contributed by atoms with Crippen molar-refractivity contribution in [3.05, 3.63) is 54.1 Å². The summed E-state index contributed by atoms with van der Waals surface area (Å²) in [6.45, 7) is 6.03. The molecule has 2 aromatic rings. The molecule has 1 fully saturated rings. The van der Waals surface area contributed by atoms with Crippen LogP contribution in [0, 0.1) is 0 Å². The maximum Gasteiger partial charge on any atom is 0.338 e. The van der Waals surface area contributed by atoms with Crippen LogP contribution in [0.1, 0.15) is 37.0 Å². The smallest absolute Gasteiger partial charge is 0.338 e. The third kappa shape index (κ3) is 3.73. The lowest BCUT2D eigenvalue weighted by Gasteiger charge is -2.17. The molecule has 3 heteroatoms. The number of benzene rings is 2. The molecular formula is C20H23NO2. The predicted molar refractivity (Wildman–Crippen MR) is 93.9 cm³/mol. The van der Waals surface area contributed by atoms with Gasteiger partial charge >= 0.3 is 5.97 Å². The van der Waals surface area contributed by atoms with Crippen LogP contribution in [-0.2, 0) is 4.74 Å². The van der Waals surface area contributed by atoms with E-state index in [1.807, 2.05) is 38.1 Å². The van der Waals surface area contributed by atoms with Crippen molar-refractivity contribution in [3.63, 3.8) is 0 Å². The third-order valence-electron chi connectivity index (χ3n) is 4.14. The largest absolute Gasteiger partial charge is 0.459 e. The molecule has 0 spiro atoms. The Labute approximate surface area is 137 Å². The maximum absolute atomic E-state index is 11.9. The van der Waals surface area contributed by atoms with Crippen LogP contribution in [0.3, 0.4) is 0 Å². The van der Waals surface area contributed by atoms with Crippen LogP contribution in [0.15, 0.2) is 48.5 Å². The van der Waals surface area contributed by atoms with E-state index in [1.54, 1.807) is 0 Å². The van der Waals surface area contributed by atoms with Crippen LogP contribution in [-0.4, -0.2) is 25.2 Å². The second kappa shape index (κ2) is 6.86. The minimum absolute atomic E-state index is 0.0969. The standard InChI is InChI=1S/C20H23NO2/c1-15(2)23-20(22)18-7-5-16(6-8-18)17-9-11-19(12-10-17)21-13-3-4-14-21/h5-12,15H,3-4,13-14H2,1-2H3. The van der Waals surface area contributed by atoms with Crippen LogP contribution >= 0.6 is 0 Å². The Kier molecular flexibility index (Phi) is 4.65. The molecule has 0 atom stereocenters. The zero-order valence-corrected chi connectivity index (χ0v) is 13.8. The number of hydrogen-bond donors (Lipinski definition) is 0. The maximum atomic E-state index is 11.9. The van der Waals surface area contributed by atoms with Crippen molar-refractivity contribution in [1.82, 2.24) is 0 Å². The van der Waals surface area contributed by atoms with E-state index in [0.717, 1.165) is 24.2 Å². The van der Waals surface area contributed by atoms with Crippen molar-refractivity contribution >= 4 is 11.7 Å². The molecule has 3 rings (SSSR count). The number of ether oxygens (including phenoxy) is 1. The number of carbonyl (C=O) groups is 1. The Balaban J connectivity index is 1.72. The summed E-state index contributed by atoms with van der Waals surface area (Å²) < 4.78 is 5.21. The Morgan fingerprint density at radius 1 is 0.913 bits per heavy atom. The summed E-state index contributed by atoms with van der Waals surface area (Å²) in [5.41, 5.74) is 4.16. The van der Waals surface area contributed by atoms with Crippen molar-refractivity contribution in [3.8, 4) is 11.1 Å². The number of rotatable bonds is 4. The number of hydrogen-bond acceptors (Lipinski definition) is 3. The quantitative estimate of drug-likeness (QED) is 0.778. The Bertz CT molecular complexity index is 653. The zero-order chi connectivity index (χ0) is 16.2. The molecule has 0 amide bonds. The van der Waals surface area contributed by atoms with Gasteiger partial charge in [-0.3, -0.25) is 0 Å². The fourth-order valence-electron chi connectivity index (χ4n) is 2.92. The van der Waals surface area contributed by atoms with Gasteiger partial charge in [0.25, 0.3) is 0 Å². The first-order valence-electron chi connectivity index (χ1n) is 8.30. The van der Waals surface area contributed by atoms with Crippen molar-refractivity contribution in [2.75, 3.05) is 18.0 Å². The van der Waals surface area contributed by atoms with Gasteiger partial charge in [-0.25, -0.2) is 4.79 Å². The molecule has 0 unspecified atom stereocenters. The molecule has 1 heterocycles. The lowest BCUT2D eigenvalue weighted by molar-refractivity contribution is 0.0378. The minimum Gasteiger partial charge on any atom is -0.459 e. The van der Waals surface area contributed by atoms with E-state index in [9.17, 15) is 4.79 Å². The molecular weight excluding hydrogens is 286 g/mol. The minimum atomic E-state index is -0.268. The lowest BCUT2D eigenvalue weighted by atomic mass is 10.0. The summed E-state index contributed by atoms with van der Waals surface area (Å²) >= 11 is 0. The highest BCUT2D eigenvalue weighted by atomic mass is 16.5. The number of anilines is 1. The molecule has 0 aromatic heterocycles. The molecule has 23 heavy (non-hydrogen) atoms. The first kappa shape index (κ1) is 15.6. The lowest BCUT2D eigenvalue weighted by Crippen LogP contribution is -2.17. The van der Waals surface area contributed by atoms with Gasteiger partial charge in [0.1, 0.15) is 0 Å². The molecule has 0 bridgehead atoms. The van der Waals surface area contributed by atoms with Crippen molar-refractivity contribution < 1.29 is 9.53 Å². The second-order valence-corrected chi connectivity index (χ2v) is 6.27. The van der Waals surface area contributed by atoms with E-state index in [1.165, 1.54) is 18.5 Å². The third-order valence-corrected chi connectivity index (χ3v) is 4.14. The molecule has 2 aromatic carbocycles. The normalized spacial score (nSPS) is 14.3. The Hall–Kier alpha value is -2.29. The van der Waals surface area contributed by atoms with E-state index in [0.29, 0.717) is 5.56 Å². The first-order valence-corrected chi connectivity index (χ1v) is 8.30. The van der Waals surface area contributed by atoms with Crippen LogP contribution < -0.4 is 4.90 Å². The monoisotopic (exact) mass is 309 g/mol. The summed E-state index contributed by atoms with van der Waals surface area (Å²) in [5.74, 6) is -0.268. The molecule has 0 N–H and O–H groups in total. The van der Waals surface area contributed by atoms with E-state index in [-0.39, 0.29) is 12.1 Å². The number of nitrogens with zero attached hydrogens (tertiary/aromatic N) is 1. The average molecular weight is 309 g/mol. The van der Waals surface area contributed by atoms with E-state index in [2.05, 4.69) is 29.2 Å². The molecule has 1 aliphatic heterocycles. The molecule has 3 nitrogen and oxygen atoms in total. The fraction of sp³-hybridized carbons (Fsp3) is 0.350. The number of carbonyl (C=O) groups excluding carboxylic acids is 1. The molecule has 0 saturated carbocycles. The molecule has 0 radical (unpaired) electrons. The predicted octanol–water partition coefficient (Wildman–Crippen LogP) is 4.52. The summed E-state index contributed by atoms with van der Waals surface area (Å²) in [6, 6.07) is 16.3. The summed E-state index contributed by atoms with van der Waals surface area (Å²) in [7, 11) is 0. The van der Waals surface area contributed by atoms with E-state index in [4.69, 9.17) is 4.74 Å². The summed E-state index contributed by atoms with van der Waals surface area (Å²) in [5, 5.41) is 0. The average Bonchev–Trinajstić information content (AvgIpc) is 3.09. The second-order valence-electron chi connectivity index (χ2n) is 6.27. The molecule has 120 valence electrons. The van der Waals surface area contributed by atoms with Crippen molar-refractivity contribution in [2.24, 2.45) is 0 Å². The van der Waals surface area contributed by atoms with Gasteiger partial charge in [0.15, 0.2) is 0 Å². The van der Waals surface area contributed by atoms with Crippen LogP contribution in [0.5, 0.6) is 0 Å². The highest BCUT2D eigenvalue weighted by Gasteiger charge is 2.12. The van der Waals surface area contributed by atoms with Gasteiger partial charge in [-0.15, -0.1) is 0 Å². The van der Waals surface area contributed by atoms with Crippen molar-refractivity contribution in [1.29, 1.82) is 0 Å². The van der Waals surface area contributed by atoms with E-state index >= 15 is 0 Å². The topological polar surface area (TPSA) is 29.5 Å². The number of esters is 1. The van der Waals surface area contributed by atoms with Gasteiger partial charge in [0, 0.05) is 18.8 Å². The Morgan fingerprint density at radius 2 is 1.43 bits per heavy atom. The van der Waals surface area contributed by atoms with Crippen LogP contribution in [0.25, 0.3) is 11.1 Å². The van der Waals surface area contributed by atoms with Gasteiger partial charge in [-0.1, -0.05) is 24.3 Å². The SMILES string of the molecule is CC(C)OC(=O)c1ccc(-c2ccc(N3CCCC3)cc2)cc1. The Morgan fingerprint density at radius 3 is 1.96 bits per heavy atom. The van der Waals surface area contributed by atoms with E-state index < -0.39 is 0 Å².